The van der Waals surface area contributed by atoms with Crippen LogP contribution in [0.1, 0.15) is 12.5 Å². The molecule has 0 saturated heterocycles. The molecule has 0 aliphatic rings. The van der Waals surface area contributed by atoms with E-state index in [0.29, 0.717) is 21.0 Å². The first-order valence-electron chi connectivity index (χ1n) is 7.85. The number of rotatable bonds is 7. The lowest BCUT2D eigenvalue weighted by Crippen LogP contribution is -2.25. The molecule has 134 valence electrons. The lowest BCUT2D eigenvalue weighted by molar-refractivity contribution is -0.123. The number of hydrazone groups is 1. The van der Waals surface area contributed by atoms with Crippen molar-refractivity contribution in [1.82, 2.24) is 5.43 Å². The number of nitrogens with one attached hydrogen (secondary N) is 1. The molecule has 6 heteroatoms. The Kier molecular flexibility index (Phi) is 8.12. The summed E-state index contributed by atoms with van der Waals surface area (Å²) in [5.74, 6) is 0.190. The number of allylic oxidation sites excluding steroid dienone is 3. The van der Waals surface area contributed by atoms with E-state index in [1.54, 1.807) is 31.2 Å². The Morgan fingerprint density at radius 3 is 2.73 bits per heavy atom. The van der Waals surface area contributed by atoms with Crippen LogP contribution in [0, 0.1) is 0 Å². The Hall–Kier alpha value is -2.37. The highest BCUT2D eigenvalue weighted by atomic mass is 79.9. The van der Waals surface area contributed by atoms with Crippen LogP contribution >= 0.6 is 27.5 Å². The molecule has 2 rings (SSSR count). The van der Waals surface area contributed by atoms with E-state index in [9.17, 15) is 4.79 Å². The quantitative estimate of drug-likeness (QED) is 0.369. The molecule has 1 N–H and O–H groups in total. The number of nitrogens with zero attached hydrogens (tertiary/aromatic N) is 1. The molecule has 1 amide bonds. The molecule has 4 nitrogen and oxygen atoms in total. The number of halogens is 2. The number of hydrogen-bond acceptors (Lipinski definition) is 3. The van der Waals surface area contributed by atoms with E-state index in [2.05, 4.69) is 26.5 Å². The predicted octanol–water partition coefficient (Wildman–Crippen LogP) is 5.24. The molecule has 0 aliphatic heterocycles. The molecule has 0 aliphatic carbocycles. The molecule has 2 aromatic carbocycles. The summed E-state index contributed by atoms with van der Waals surface area (Å²) in [7, 11) is 0. The van der Waals surface area contributed by atoms with Crippen molar-refractivity contribution in [2.24, 2.45) is 5.10 Å². The van der Waals surface area contributed by atoms with Gasteiger partial charge in [0.2, 0.25) is 0 Å². The van der Waals surface area contributed by atoms with Gasteiger partial charge in [-0.1, -0.05) is 60.2 Å². The van der Waals surface area contributed by atoms with E-state index in [1.165, 1.54) is 0 Å². The molecule has 2 aromatic rings. The molecule has 0 radical (unpaired) electrons. The van der Waals surface area contributed by atoms with Gasteiger partial charge in [-0.2, -0.15) is 5.10 Å². The predicted molar refractivity (Wildman–Crippen MR) is 111 cm³/mol. The van der Waals surface area contributed by atoms with Crippen LogP contribution in [0.25, 0.3) is 6.08 Å². The zero-order chi connectivity index (χ0) is 18.8. The Labute approximate surface area is 166 Å². The summed E-state index contributed by atoms with van der Waals surface area (Å²) in [6.45, 7) is 1.65. The minimum atomic E-state index is -0.348. The topological polar surface area (TPSA) is 50.7 Å². The van der Waals surface area contributed by atoms with Crippen molar-refractivity contribution in [3.05, 3.63) is 81.8 Å². The lowest BCUT2D eigenvalue weighted by Gasteiger charge is -2.07. The zero-order valence-electron chi connectivity index (χ0n) is 14.2. The van der Waals surface area contributed by atoms with E-state index < -0.39 is 0 Å². The van der Waals surface area contributed by atoms with E-state index in [0.717, 1.165) is 5.56 Å². The van der Waals surface area contributed by atoms with Gasteiger partial charge in [-0.15, -0.1) is 0 Å². The molecule has 0 spiro atoms. The van der Waals surface area contributed by atoms with Crippen LogP contribution in [0.5, 0.6) is 5.75 Å². The summed E-state index contributed by atoms with van der Waals surface area (Å²) < 4.78 is 6.10. The second kappa shape index (κ2) is 10.6. The molecular weight excluding hydrogens is 416 g/mol. The number of ether oxygens (including phenoxy) is 1. The normalized spacial score (nSPS) is 11.9. The summed E-state index contributed by atoms with van der Waals surface area (Å²) in [6, 6.07) is 15.1. The first kappa shape index (κ1) is 19.9. The van der Waals surface area contributed by atoms with E-state index >= 15 is 0 Å². The number of benzene rings is 2. The van der Waals surface area contributed by atoms with Gasteiger partial charge < -0.3 is 4.74 Å². The SMILES string of the molecule is CC(/C=C/C=C/c1ccccc1)=N/NC(=O)COc1ccc(Cl)cc1Br. The largest absolute Gasteiger partial charge is 0.483 e. The average Bonchev–Trinajstić information content (AvgIpc) is 2.63. The number of carbonyl (C=O) groups is 1. The van der Waals surface area contributed by atoms with Gasteiger partial charge >= 0.3 is 0 Å². The van der Waals surface area contributed by atoms with Gasteiger partial charge in [0.1, 0.15) is 5.75 Å². The van der Waals surface area contributed by atoms with Crippen molar-refractivity contribution in [1.29, 1.82) is 0 Å². The zero-order valence-corrected chi connectivity index (χ0v) is 16.5. The smallest absolute Gasteiger partial charge is 0.277 e. The van der Waals surface area contributed by atoms with Gasteiger partial charge in [0, 0.05) is 5.02 Å². The third kappa shape index (κ3) is 7.25. The standard InChI is InChI=1S/C20H18BrClN2O2/c1-15(7-5-6-10-16-8-3-2-4-9-16)23-24-20(25)14-26-19-12-11-17(22)13-18(19)21/h2-13H,14H2,1H3,(H,24,25)/b7-5+,10-6+,23-15-. The summed E-state index contributed by atoms with van der Waals surface area (Å²) in [6.07, 6.45) is 7.56. The van der Waals surface area contributed by atoms with E-state index in [-0.39, 0.29) is 12.5 Å². The van der Waals surface area contributed by atoms with Crippen molar-refractivity contribution in [2.45, 2.75) is 6.92 Å². The third-order valence-electron chi connectivity index (χ3n) is 3.15. The van der Waals surface area contributed by atoms with E-state index in [4.69, 9.17) is 16.3 Å². The third-order valence-corrected chi connectivity index (χ3v) is 4.00. The van der Waals surface area contributed by atoms with Crippen LogP contribution in [-0.4, -0.2) is 18.2 Å². The second-order valence-electron chi connectivity index (χ2n) is 5.28. The highest BCUT2D eigenvalue weighted by Gasteiger charge is 2.05. The monoisotopic (exact) mass is 432 g/mol. The molecule has 0 fully saturated rings. The lowest BCUT2D eigenvalue weighted by atomic mass is 10.2. The highest BCUT2D eigenvalue weighted by molar-refractivity contribution is 9.10. The average molecular weight is 434 g/mol. The fraction of sp³-hybridized carbons (Fsp3) is 0.100. The fourth-order valence-electron chi connectivity index (χ4n) is 1.88. The molecule has 26 heavy (non-hydrogen) atoms. The summed E-state index contributed by atoms with van der Waals surface area (Å²) in [4.78, 5) is 11.8. The van der Waals surface area contributed by atoms with Crippen molar-refractivity contribution in [3.8, 4) is 5.75 Å². The molecular formula is C20H18BrClN2O2. The summed E-state index contributed by atoms with van der Waals surface area (Å²) >= 11 is 9.18. The van der Waals surface area contributed by atoms with Crippen LogP contribution in [0.3, 0.4) is 0 Å². The van der Waals surface area contributed by atoms with Crippen molar-refractivity contribution < 1.29 is 9.53 Å². The fourth-order valence-corrected chi connectivity index (χ4v) is 2.68. The van der Waals surface area contributed by atoms with Gasteiger partial charge in [-0.3, -0.25) is 4.79 Å². The van der Waals surface area contributed by atoms with Crippen LogP contribution < -0.4 is 10.2 Å². The van der Waals surface area contributed by atoms with Gasteiger partial charge in [-0.05, 0) is 52.7 Å². The summed E-state index contributed by atoms with van der Waals surface area (Å²) in [5, 5.41) is 4.59. The number of carbonyl (C=O) groups excluding carboxylic acids is 1. The molecule has 0 saturated carbocycles. The van der Waals surface area contributed by atoms with Crippen molar-refractivity contribution in [2.75, 3.05) is 6.61 Å². The number of amides is 1. The minimum Gasteiger partial charge on any atom is -0.483 e. The maximum atomic E-state index is 11.8. The van der Waals surface area contributed by atoms with Crippen molar-refractivity contribution in [3.63, 3.8) is 0 Å². The van der Waals surface area contributed by atoms with Gasteiger partial charge in [0.25, 0.3) is 5.91 Å². The Bertz CT molecular complexity index is 833. The highest BCUT2D eigenvalue weighted by Crippen LogP contribution is 2.27. The minimum absolute atomic E-state index is 0.144. The first-order chi connectivity index (χ1) is 12.5. The van der Waals surface area contributed by atoms with Crippen LogP contribution in [-0.2, 0) is 4.79 Å². The van der Waals surface area contributed by atoms with Gasteiger partial charge in [-0.25, -0.2) is 5.43 Å². The van der Waals surface area contributed by atoms with Gasteiger partial charge in [0.05, 0.1) is 10.2 Å². The summed E-state index contributed by atoms with van der Waals surface area (Å²) in [5.41, 5.74) is 4.24. The van der Waals surface area contributed by atoms with Crippen LogP contribution in [0.4, 0.5) is 0 Å². The Morgan fingerprint density at radius 2 is 2.00 bits per heavy atom. The van der Waals surface area contributed by atoms with Gasteiger partial charge in [0.15, 0.2) is 6.61 Å². The maximum absolute atomic E-state index is 11.8. The van der Waals surface area contributed by atoms with Crippen LogP contribution in [0.15, 0.2) is 76.3 Å². The van der Waals surface area contributed by atoms with Crippen LogP contribution in [0.2, 0.25) is 5.02 Å². The second-order valence-corrected chi connectivity index (χ2v) is 6.57. The molecule has 0 aromatic heterocycles. The molecule has 0 heterocycles. The van der Waals surface area contributed by atoms with E-state index in [1.807, 2.05) is 48.6 Å². The maximum Gasteiger partial charge on any atom is 0.277 e. The first-order valence-corrected chi connectivity index (χ1v) is 9.02. The Balaban J connectivity index is 1.77. The number of hydrogen-bond donors (Lipinski definition) is 1. The molecule has 0 bridgehead atoms. The van der Waals surface area contributed by atoms with Crippen molar-refractivity contribution >= 4 is 45.2 Å². The molecule has 0 atom stereocenters. The molecule has 0 unspecified atom stereocenters. The Morgan fingerprint density at radius 1 is 1.23 bits per heavy atom.